The molecule has 0 spiro atoms. The van der Waals surface area contributed by atoms with E-state index in [1.165, 1.54) is 130 Å². The molecule has 4 heterocycles. The number of nitrogens with zero attached hydrogens (tertiary/aromatic N) is 6. The summed E-state index contributed by atoms with van der Waals surface area (Å²) in [5, 5.41) is 26.5. The maximum atomic E-state index is 5.71. The number of fused-ring (bicyclic) bond motifs is 18. The minimum atomic E-state index is 0.697. The summed E-state index contributed by atoms with van der Waals surface area (Å²) in [6, 6.07) is 179. The van der Waals surface area contributed by atoms with Gasteiger partial charge in [-0.05, 0) is 208 Å². The van der Waals surface area contributed by atoms with Crippen LogP contribution in [0.1, 0.15) is 0 Å². The largest absolute Gasteiger partial charge is 0.292 e. The molecule has 4 aromatic heterocycles. The van der Waals surface area contributed by atoms with Gasteiger partial charge in [0.2, 0.25) is 0 Å². The van der Waals surface area contributed by atoms with E-state index in [1.807, 2.05) is 24.3 Å². The highest BCUT2D eigenvalue weighted by molar-refractivity contribution is 6.26. The fourth-order valence-corrected chi connectivity index (χ4v) is 21.2. The predicted octanol–water partition coefficient (Wildman–Crippen LogP) is 35.0. The monoisotopic (exact) mass is 1740 g/mol. The van der Waals surface area contributed by atoms with Crippen molar-refractivity contribution in [3.63, 3.8) is 0 Å². The van der Waals surface area contributed by atoms with E-state index >= 15 is 0 Å². The molecule has 0 aliphatic heterocycles. The Hall–Kier alpha value is -18.2. The van der Waals surface area contributed by atoms with Crippen molar-refractivity contribution in [3.8, 4) is 141 Å². The molecule has 0 aliphatic carbocycles. The molecular weight excluding hydrogens is 1660 g/mol. The van der Waals surface area contributed by atoms with Gasteiger partial charge in [-0.15, -0.1) is 0 Å². The average molecular weight is 1740 g/mol. The van der Waals surface area contributed by atoms with Crippen molar-refractivity contribution in [2.45, 2.75) is 0 Å². The van der Waals surface area contributed by atoms with Crippen molar-refractivity contribution in [1.82, 2.24) is 29.5 Å². The van der Waals surface area contributed by atoms with Crippen molar-refractivity contribution in [2.75, 3.05) is 0 Å². The van der Waals surface area contributed by atoms with Gasteiger partial charge in [-0.25, -0.2) is 24.9 Å². The lowest BCUT2D eigenvalue weighted by atomic mass is 9.86. The van der Waals surface area contributed by atoms with Gasteiger partial charge in [0, 0.05) is 71.7 Å². The molecule has 0 N–H and O–H groups in total. The van der Waals surface area contributed by atoms with E-state index in [1.54, 1.807) is 0 Å². The van der Waals surface area contributed by atoms with Crippen LogP contribution in [0, 0.1) is 0 Å². The van der Waals surface area contributed by atoms with Gasteiger partial charge in [0.1, 0.15) is 5.82 Å². The lowest BCUT2D eigenvalue weighted by Crippen LogP contribution is -2.00. The summed E-state index contributed by atoms with van der Waals surface area (Å²) < 4.78 is 2.32. The second kappa shape index (κ2) is 33.6. The number of pyridine rings is 2. The second-order valence-corrected chi connectivity index (χ2v) is 35.5. The molecule has 6 nitrogen and oxygen atoms in total. The van der Waals surface area contributed by atoms with Crippen LogP contribution in [0.3, 0.4) is 0 Å². The quantitative estimate of drug-likeness (QED) is 0.108. The third-order valence-corrected chi connectivity index (χ3v) is 27.6. The van der Waals surface area contributed by atoms with Crippen LogP contribution in [0.15, 0.2) is 497 Å². The van der Waals surface area contributed by atoms with Gasteiger partial charge < -0.3 is 0 Å². The molecule has 0 amide bonds. The van der Waals surface area contributed by atoms with Gasteiger partial charge in [-0.2, -0.15) is 0 Å². The van der Waals surface area contributed by atoms with E-state index < -0.39 is 0 Å². The molecule has 0 fully saturated rings. The van der Waals surface area contributed by atoms with E-state index in [0.717, 1.165) is 134 Å². The molecule has 27 aromatic rings. The van der Waals surface area contributed by atoms with E-state index in [9.17, 15) is 0 Å². The van der Waals surface area contributed by atoms with Crippen LogP contribution in [0.25, 0.3) is 270 Å². The Bertz CT molecular complexity index is 9430. The molecule has 0 saturated heterocycles. The van der Waals surface area contributed by atoms with E-state index in [4.69, 9.17) is 24.9 Å². The Morgan fingerprint density at radius 2 is 0.394 bits per heavy atom. The topological polar surface area (TPSA) is 69.4 Å². The van der Waals surface area contributed by atoms with Crippen molar-refractivity contribution in [2.24, 2.45) is 0 Å². The first-order valence-electron chi connectivity index (χ1n) is 46.8. The molecule has 0 aliphatic rings. The molecule has 0 unspecified atom stereocenters. The molecule has 636 valence electrons. The van der Waals surface area contributed by atoms with Crippen LogP contribution in [-0.4, -0.2) is 29.5 Å². The maximum absolute atomic E-state index is 5.71. The van der Waals surface area contributed by atoms with Crippen LogP contribution in [-0.2, 0) is 0 Å². The van der Waals surface area contributed by atoms with Crippen LogP contribution in [0.2, 0.25) is 0 Å². The molecule has 0 atom stereocenters. The molecule has 0 bridgehead atoms. The first-order valence-corrected chi connectivity index (χ1v) is 46.8. The van der Waals surface area contributed by atoms with Gasteiger partial charge >= 0.3 is 0 Å². The summed E-state index contributed by atoms with van der Waals surface area (Å²) in [6.45, 7) is 0. The summed E-state index contributed by atoms with van der Waals surface area (Å²) in [5.74, 6) is 1.58. The summed E-state index contributed by atoms with van der Waals surface area (Å²) >= 11 is 0. The minimum absolute atomic E-state index is 0.697. The Labute approximate surface area is 791 Å². The molecule has 0 saturated carbocycles. The molecule has 137 heavy (non-hydrogen) atoms. The summed E-state index contributed by atoms with van der Waals surface area (Å²) in [6.07, 6.45) is 0. The zero-order valence-corrected chi connectivity index (χ0v) is 74.5. The Morgan fingerprint density at radius 1 is 0.146 bits per heavy atom. The molecule has 6 heteroatoms. The van der Waals surface area contributed by atoms with Crippen molar-refractivity contribution in [1.29, 1.82) is 0 Å². The second-order valence-electron chi connectivity index (χ2n) is 35.5. The lowest BCUT2D eigenvalue weighted by molar-refractivity contribution is 1.07. The van der Waals surface area contributed by atoms with Gasteiger partial charge in [-0.1, -0.05) is 431 Å². The first-order chi connectivity index (χ1) is 67.9. The third kappa shape index (κ3) is 14.0. The van der Waals surface area contributed by atoms with Crippen LogP contribution in [0.4, 0.5) is 0 Å². The zero-order chi connectivity index (χ0) is 90.4. The Kier molecular flexibility index (Phi) is 19.5. The van der Waals surface area contributed by atoms with E-state index in [0.29, 0.717) is 5.82 Å². The van der Waals surface area contributed by atoms with Gasteiger partial charge in [0.15, 0.2) is 5.82 Å². The highest BCUT2D eigenvalue weighted by Crippen LogP contribution is 2.51. The summed E-state index contributed by atoms with van der Waals surface area (Å²) in [4.78, 5) is 26.9. The van der Waals surface area contributed by atoms with Gasteiger partial charge in [0.05, 0.1) is 45.2 Å². The number of aromatic nitrogens is 6. The number of rotatable bonds is 13. The standard InChI is InChI=1S/C68H43N3.C63H39N3/c1-4-20-45(21-5-1)65-67(46-22-6-2-7-23-46)71(68(70-65)47-24-8-3-9-25-47)50-38-36-44(37-39-50)64-43-62(60-41-49-27-11-13-29-52(49)54-31-15-17-33-56(54)60)63-42-61(57-34-18-19-35-58(57)66(63)69-64)59-40-48-26-10-12-28-51(48)53-30-14-16-32-55(53)59;1-3-17-40(18-4-1)60-39-61(66-63(65-60)43-19-5-2-6-20-43)42-33-31-41(32-34-42)59-38-57(55-36-45-22-8-10-24-47(45)49-26-12-14-28-51(49)55)58-37-56(52-29-15-16-30-53(52)62(58)64-59)54-35-44-21-7-9-23-46(44)48-25-11-13-27-50(48)54/h1-43H;1-39H. The highest BCUT2D eigenvalue weighted by atomic mass is 15.1. The summed E-state index contributed by atoms with van der Waals surface area (Å²) in [5.41, 5.74) is 26.3. The number of benzene rings is 23. The summed E-state index contributed by atoms with van der Waals surface area (Å²) in [7, 11) is 0. The number of hydrogen-bond donors (Lipinski definition) is 0. The van der Waals surface area contributed by atoms with Crippen LogP contribution < -0.4 is 0 Å². The molecule has 23 aromatic carbocycles. The van der Waals surface area contributed by atoms with Crippen molar-refractivity contribution in [3.05, 3.63) is 497 Å². The van der Waals surface area contributed by atoms with Crippen LogP contribution >= 0.6 is 0 Å². The smallest absolute Gasteiger partial charge is 0.160 e. The van der Waals surface area contributed by atoms with Crippen molar-refractivity contribution >= 4 is 130 Å². The minimum Gasteiger partial charge on any atom is -0.292 e. The third-order valence-electron chi connectivity index (χ3n) is 27.6. The van der Waals surface area contributed by atoms with Crippen molar-refractivity contribution < 1.29 is 0 Å². The fraction of sp³-hybridized carbons (Fsp3) is 0. The molecular formula is C131H82N6. The van der Waals surface area contributed by atoms with Gasteiger partial charge in [-0.3, -0.25) is 4.57 Å². The molecule has 0 radical (unpaired) electrons. The first kappa shape index (κ1) is 79.7. The Balaban J connectivity index is 0.000000142. The highest BCUT2D eigenvalue weighted by Gasteiger charge is 2.27. The normalized spacial score (nSPS) is 11.6. The maximum Gasteiger partial charge on any atom is 0.160 e. The number of imidazole rings is 1. The lowest BCUT2D eigenvalue weighted by Gasteiger charge is -2.19. The molecule has 27 rings (SSSR count). The zero-order valence-electron chi connectivity index (χ0n) is 74.5. The van der Waals surface area contributed by atoms with Crippen LogP contribution in [0.5, 0.6) is 0 Å². The van der Waals surface area contributed by atoms with Gasteiger partial charge in [0.25, 0.3) is 0 Å². The van der Waals surface area contributed by atoms with E-state index in [-0.39, 0.29) is 0 Å². The fourth-order valence-electron chi connectivity index (χ4n) is 21.2. The van der Waals surface area contributed by atoms with E-state index in [2.05, 4.69) is 478 Å². The number of hydrogen-bond acceptors (Lipinski definition) is 5. The average Bonchev–Trinajstić information content (AvgIpc) is 1.24. The predicted molar refractivity (Wildman–Crippen MR) is 576 cm³/mol. The Morgan fingerprint density at radius 3 is 0.752 bits per heavy atom. The SMILES string of the molecule is c1ccc(-c2cc(-c3ccc(-c4cc(-c5cc6ccccc6c6ccccc56)c5cc(-c6cc7ccccc7c7ccccc67)c6ccccc6c5n4)cc3)nc(-c3ccccc3)n2)cc1.c1ccc(-c2nc(-c3ccccc3)n(-c3ccc(-c4cc(-c5cc6ccccc6c6ccccc56)c5cc(-c6cc7ccccc7c7ccccc67)c6ccccc6c5n4)cc3)c2-c2ccccc2)cc1.